The minimum Gasteiger partial charge on any atom is -0.377 e. The molecular formula is C27H49NO. The number of hydrogen-bond donors (Lipinski definition) is 0. The highest BCUT2D eigenvalue weighted by Gasteiger charge is 2.36. The molecule has 0 atom stereocenters. The summed E-state index contributed by atoms with van der Waals surface area (Å²) in [5.41, 5.74) is -0.185. The molecule has 2 rings (SSSR count). The molecule has 0 radical (unpaired) electrons. The monoisotopic (exact) mass is 403 g/mol. The fraction of sp³-hybridized carbons (Fsp3) is 0.963. The highest BCUT2D eigenvalue weighted by molar-refractivity contribution is 5.02. The van der Waals surface area contributed by atoms with E-state index < -0.39 is 0 Å². The summed E-state index contributed by atoms with van der Waals surface area (Å²) in [6, 6.07) is 2.69. The van der Waals surface area contributed by atoms with Crippen LogP contribution < -0.4 is 0 Å². The average molecular weight is 404 g/mol. The molecule has 2 nitrogen and oxygen atoms in total. The van der Waals surface area contributed by atoms with Gasteiger partial charge in [0.1, 0.15) is 0 Å². The zero-order chi connectivity index (χ0) is 20.8. The molecule has 0 N–H and O–H groups in total. The van der Waals surface area contributed by atoms with E-state index >= 15 is 0 Å². The Morgan fingerprint density at radius 2 is 1.24 bits per heavy atom. The van der Waals surface area contributed by atoms with E-state index in [2.05, 4.69) is 19.9 Å². The van der Waals surface area contributed by atoms with Gasteiger partial charge in [-0.15, -0.1) is 0 Å². The number of unbranched alkanes of at least 4 members (excludes halogenated alkanes) is 7. The molecule has 0 aromatic rings. The van der Waals surface area contributed by atoms with Gasteiger partial charge in [0, 0.05) is 0 Å². The second-order valence-electron chi connectivity index (χ2n) is 10.3. The molecule has 29 heavy (non-hydrogen) atoms. The van der Waals surface area contributed by atoms with E-state index in [9.17, 15) is 5.26 Å². The van der Waals surface area contributed by atoms with E-state index in [1.807, 2.05) is 0 Å². The molecular weight excluding hydrogens is 354 g/mol. The van der Waals surface area contributed by atoms with Gasteiger partial charge in [-0.1, -0.05) is 84.5 Å². The van der Waals surface area contributed by atoms with Crippen LogP contribution in [0.5, 0.6) is 0 Å². The molecule has 0 aromatic carbocycles. The fourth-order valence-electron chi connectivity index (χ4n) is 5.57. The number of ether oxygens (including phenoxy) is 1. The third-order valence-corrected chi connectivity index (χ3v) is 7.87. The molecule has 2 aliphatic rings. The lowest BCUT2D eigenvalue weighted by atomic mass is 9.70. The smallest absolute Gasteiger partial charge is 0.0807 e. The van der Waals surface area contributed by atoms with E-state index in [-0.39, 0.29) is 5.41 Å². The normalized spacial score (nSPS) is 30.2. The van der Waals surface area contributed by atoms with Crippen LogP contribution in [0.25, 0.3) is 0 Å². The number of rotatable bonds is 14. The predicted octanol–water partition coefficient (Wildman–Crippen LogP) is 8.59. The third kappa shape index (κ3) is 9.42. The molecule has 2 fully saturated rings. The van der Waals surface area contributed by atoms with Gasteiger partial charge in [0.25, 0.3) is 0 Å². The van der Waals surface area contributed by atoms with E-state index in [1.54, 1.807) is 0 Å². The number of hydrogen-bond acceptors (Lipinski definition) is 2. The van der Waals surface area contributed by atoms with Gasteiger partial charge in [-0.3, -0.25) is 0 Å². The lowest BCUT2D eigenvalue weighted by molar-refractivity contribution is -0.0300. The Bertz CT molecular complexity index is 438. The lowest BCUT2D eigenvalue weighted by Gasteiger charge is -2.37. The Morgan fingerprint density at radius 3 is 1.79 bits per heavy atom. The van der Waals surface area contributed by atoms with Gasteiger partial charge in [0.15, 0.2) is 0 Å². The highest BCUT2D eigenvalue weighted by Crippen LogP contribution is 2.41. The summed E-state index contributed by atoms with van der Waals surface area (Å²) in [7, 11) is 0. The first kappa shape index (κ1) is 24.7. The van der Waals surface area contributed by atoms with E-state index in [4.69, 9.17) is 4.74 Å². The van der Waals surface area contributed by atoms with Crippen molar-refractivity contribution in [1.29, 1.82) is 5.26 Å². The van der Waals surface area contributed by atoms with Crippen LogP contribution in [-0.4, -0.2) is 12.7 Å². The van der Waals surface area contributed by atoms with E-state index in [1.165, 1.54) is 109 Å². The molecule has 0 heterocycles. The van der Waals surface area contributed by atoms with Crippen molar-refractivity contribution in [2.24, 2.45) is 17.3 Å². The molecule has 0 amide bonds. The standard InChI is InChI=1S/C27H49NO/c1-3-5-7-9-11-13-25-18-20-27(22-28,21-19-25)23-29-26-16-14-24(15-17-26)12-10-8-6-4-2/h24-26H,3-21,23H2,1-2H3. The maximum Gasteiger partial charge on any atom is 0.0807 e. The van der Waals surface area contributed by atoms with Crippen LogP contribution in [0.2, 0.25) is 0 Å². The molecule has 2 heteroatoms. The van der Waals surface area contributed by atoms with E-state index in [0.717, 1.165) is 24.7 Å². The predicted molar refractivity (Wildman–Crippen MR) is 124 cm³/mol. The summed E-state index contributed by atoms with van der Waals surface area (Å²) in [4.78, 5) is 0. The molecule has 0 aliphatic heterocycles. The quantitative estimate of drug-likeness (QED) is 0.272. The second kappa shape index (κ2) is 14.5. The molecule has 0 bridgehead atoms. The van der Waals surface area contributed by atoms with Crippen LogP contribution in [0, 0.1) is 28.6 Å². The highest BCUT2D eigenvalue weighted by atomic mass is 16.5. The lowest BCUT2D eigenvalue weighted by Crippen LogP contribution is -2.34. The summed E-state index contributed by atoms with van der Waals surface area (Å²) in [5.74, 6) is 1.80. The fourth-order valence-corrected chi connectivity index (χ4v) is 5.57. The van der Waals surface area contributed by atoms with Crippen LogP contribution >= 0.6 is 0 Å². The minimum absolute atomic E-state index is 0.185. The topological polar surface area (TPSA) is 33.0 Å². The Balaban J connectivity index is 1.59. The molecule has 0 saturated heterocycles. The van der Waals surface area contributed by atoms with Crippen LogP contribution in [-0.2, 0) is 4.74 Å². The third-order valence-electron chi connectivity index (χ3n) is 7.87. The van der Waals surface area contributed by atoms with Crippen molar-refractivity contribution < 1.29 is 4.74 Å². The summed E-state index contributed by atoms with van der Waals surface area (Å²) >= 11 is 0. The van der Waals surface area contributed by atoms with Crippen LogP contribution in [0.15, 0.2) is 0 Å². The van der Waals surface area contributed by atoms with E-state index in [0.29, 0.717) is 12.7 Å². The first-order chi connectivity index (χ1) is 14.2. The minimum atomic E-state index is -0.185. The van der Waals surface area contributed by atoms with Crippen LogP contribution in [0.3, 0.4) is 0 Å². The van der Waals surface area contributed by atoms with Crippen LogP contribution in [0.1, 0.15) is 136 Å². The number of nitriles is 1. The summed E-state index contributed by atoms with van der Waals surface area (Å²) in [5, 5.41) is 9.88. The summed E-state index contributed by atoms with van der Waals surface area (Å²) in [6.45, 7) is 5.27. The van der Waals surface area contributed by atoms with Crippen molar-refractivity contribution in [2.75, 3.05) is 6.61 Å². The second-order valence-corrected chi connectivity index (χ2v) is 10.3. The van der Waals surface area contributed by atoms with Gasteiger partial charge in [-0.25, -0.2) is 0 Å². The largest absolute Gasteiger partial charge is 0.377 e. The van der Waals surface area contributed by atoms with Gasteiger partial charge in [0.05, 0.1) is 24.2 Å². The summed E-state index contributed by atoms with van der Waals surface area (Å²) < 4.78 is 6.35. The SMILES string of the molecule is CCCCCCCC1CCC(C#N)(COC2CCC(CCCCCC)CC2)CC1. The van der Waals surface area contributed by atoms with Crippen molar-refractivity contribution in [2.45, 2.75) is 142 Å². The molecule has 0 spiro atoms. The average Bonchev–Trinajstić information content (AvgIpc) is 2.77. The maximum atomic E-state index is 9.88. The zero-order valence-corrected chi connectivity index (χ0v) is 19.7. The Morgan fingerprint density at radius 1 is 0.724 bits per heavy atom. The molecule has 2 saturated carbocycles. The van der Waals surface area contributed by atoms with Crippen molar-refractivity contribution in [3.63, 3.8) is 0 Å². The molecule has 0 unspecified atom stereocenters. The summed E-state index contributed by atoms with van der Waals surface area (Å²) in [6.07, 6.45) is 25.5. The first-order valence-electron chi connectivity index (χ1n) is 13.2. The van der Waals surface area contributed by atoms with Crippen LogP contribution in [0.4, 0.5) is 0 Å². The first-order valence-corrected chi connectivity index (χ1v) is 13.2. The van der Waals surface area contributed by atoms with Crippen molar-refractivity contribution >= 4 is 0 Å². The number of nitrogens with zero attached hydrogens (tertiary/aromatic N) is 1. The van der Waals surface area contributed by atoms with Gasteiger partial charge < -0.3 is 4.74 Å². The Hall–Kier alpha value is -0.550. The molecule has 0 aromatic heterocycles. The van der Waals surface area contributed by atoms with Gasteiger partial charge in [-0.05, 0) is 63.2 Å². The maximum absolute atomic E-state index is 9.88. The molecule has 168 valence electrons. The van der Waals surface area contributed by atoms with Crippen molar-refractivity contribution in [3.05, 3.63) is 0 Å². The van der Waals surface area contributed by atoms with Crippen molar-refractivity contribution in [1.82, 2.24) is 0 Å². The van der Waals surface area contributed by atoms with Gasteiger partial charge in [0.2, 0.25) is 0 Å². The Labute approximate surface area is 182 Å². The zero-order valence-electron chi connectivity index (χ0n) is 19.7. The van der Waals surface area contributed by atoms with Gasteiger partial charge >= 0.3 is 0 Å². The molecule has 2 aliphatic carbocycles. The Kier molecular flexibility index (Phi) is 12.3. The van der Waals surface area contributed by atoms with Crippen molar-refractivity contribution in [3.8, 4) is 6.07 Å². The van der Waals surface area contributed by atoms with Gasteiger partial charge in [-0.2, -0.15) is 5.26 Å².